The van der Waals surface area contributed by atoms with Crippen LogP contribution >= 0.6 is 0 Å². The lowest BCUT2D eigenvalue weighted by molar-refractivity contribution is -0.0104. The van der Waals surface area contributed by atoms with Crippen LogP contribution in [0.3, 0.4) is 0 Å². The summed E-state index contributed by atoms with van der Waals surface area (Å²) in [7, 11) is 0. The molecule has 0 saturated carbocycles. The monoisotopic (exact) mass is 234 g/mol. The molecule has 0 aromatic heterocycles. The van der Waals surface area contributed by atoms with Gasteiger partial charge in [-0.3, -0.25) is 0 Å². The van der Waals surface area contributed by atoms with Crippen LogP contribution in [0, 0.1) is 13.8 Å². The van der Waals surface area contributed by atoms with Crippen molar-refractivity contribution in [1.82, 2.24) is 0 Å². The predicted octanol–water partition coefficient (Wildman–Crippen LogP) is 1.86. The van der Waals surface area contributed by atoms with Crippen LogP contribution in [0.25, 0.3) is 0 Å². The summed E-state index contributed by atoms with van der Waals surface area (Å²) >= 11 is 0. The molecule has 1 saturated heterocycles. The number of rotatable bonds is 2. The smallest absolute Gasteiger partial charge is 0.0876 e. The van der Waals surface area contributed by atoms with Crippen LogP contribution in [0.1, 0.15) is 18.1 Å². The normalized spacial score (nSPS) is 25.1. The zero-order valence-electron chi connectivity index (χ0n) is 10.9. The van der Waals surface area contributed by atoms with Crippen molar-refractivity contribution in [3.8, 4) is 0 Å². The zero-order chi connectivity index (χ0) is 12.4. The van der Waals surface area contributed by atoms with Crippen molar-refractivity contribution in [2.45, 2.75) is 33.0 Å². The Morgan fingerprint density at radius 3 is 2.71 bits per heavy atom. The second-order valence-corrected chi connectivity index (χ2v) is 4.98. The van der Waals surface area contributed by atoms with Gasteiger partial charge in [0.2, 0.25) is 0 Å². The van der Waals surface area contributed by atoms with E-state index >= 15 is 0 Å². The molecule has 94 valence electrons. The Kier molecular flexibility index (Phi) is 3.69. The third-order valence-electron chi connectivity index (χ3n) is 3.44. The first kappa shape index (κ1) is 12.4. The van der Waals surface area contributed by atoms with Gasteiger partial charge in [0.05, 0.1) is 12.2 Å². The molecule has 0 bridgehead atoms. The number of benzene rings is 1. The fourth-order valence-electron chi connectivity index (χ4n) is 2.31. The summed E-state index contributed by atoms with van der Waals surface area (Å²) in [4.78, 5) is 2.37. The van der Waals surface area contributed by atoms with E-state index < -0.39 is 0 Å². The second kappa shape index (κ2) is 5.07. The second-order valence-electron chi connectivity index (χ2n) is 4.98. The highest BCUT2D eigenvalue weighted by atomic mass is 16.5. The summed E-state index contributed by atoms with van der Waals surface area (Å²) in [5.74, 6) is 0. The van der Waals surface area contributed by atoms with E-state index in [9.17, 15) is 0 Å². The Balaban J connectivity index is 2.17. The summed E-state index contributed by atoms with van der Waals surface area (Å²) in [6.45, 7) is 8.83. The molecular weight excluding hydrogens is 212 g/mol. The molecular formula is C14H22N2O. The van der Waals surface area contributed by atoms with Crippen LogP contribution in [0.4, 0.5) is 5.69 Å². The number of ether oxygens (including phenoxy) is 1. The molecule has 2 atom stereocenters. The third-order valence-corrected chi connectivity index (χ3v) is 3.44. The summed E-state index contributed by atoms with van der Waals surface area (Å²) in [6, 6.07) is 6.62. The summed E-state index contributed by atoms with van der Waals surface area (Å²) in [6.07, 6.45) is 0.402. The Morgan fingerprint density at radius 2 is 2.06 bits per heavy atom. The van der Waals surface area contributed by atoms with Gasteiger partial charge in [-0.05, 0) is 44.0 Å². The first-order valence-electron chi connectivity index (χ1n) is 6.28. The number of morpholine rings is 1. The van der Waals surface area contributed by atoms with Crippen molar-refractivity contribution in [2.75, 3.05) is 24.5 Å². The first-order chi connectivity index (χ1) is 8.10. The average Bonchev–Trinajstić information content (AvgIpc) is 2.32. The summed E-state index contributed by atoms with van der Waals surface area (Å²) < 4.78 is 5.77. The van der Waals surface area contributed by atoms with E-state index in [2.05, 4.69) is 43.9 Å². The fourth-order valence-corrected chi connectivity index (χ4v) is 2.31. The molecule has 0 amide bonds. The van der Waals surface area contributed by atoms with Gasteiger partial charge in [-0.15, -0.1) is 0 Å². The van der Waals surface area contributed by atoms with Crippen molar-refractivity contribution in [1.29, 1.82) is 0 Å². The van der Waals surface area contributed by atoms with Crippen molar-refractivity contribution < 1.29 is 4.74 Å². The Morgan fingerprint density at radius 1 is 1.29 bits per heavy atom. The van der Waals surface area contributed by atoms with Crippen LogP contribution in [0.15, 0.2) is 18.2 Å². The SMILES string of the molecule is Cc1ccc(N2CC(C)OC(CN)C2)cc1C. The first-order valence-corrected chi connectivity index (χ1v) is 6.28. The van der Waals surface area contributed by atoms with Gasteiger partial charge in [-0.25, -0.2) is 0 Å². The maximum Gasteiger partial charge on any atom is 0.0876 e. The van der Waals surface area contributed by atoms with E-state index in [0.717, 1.165) is 13.1 Å². The molecule has 1 aliphatic heterocycles. The number of anilines is 1. The minimum absolute atomic E-state index is 0.153. The van der Waals surface area contributed by atoms with Gasteiger partial charge in [-0.2, -0.15) is 0 Å². The van der Waals surface area contributed by atoms with E-state index in [4.69, 9.17) is 10.5 Å². The van der Waals surface area contributed by atoms with Crippen LogP contribution in [0.5, 0.6) is 0 Å². The molecule has 3 nitrogen and oxygen atoms in total. The van der Waals surface area contributed by atoms with Crippen LogP contribution in [-0.4, -0.2) is 31.8 Å². The van der Waals surface area contributed by atoms with E-state index in [-0.39, 0.29) is 12.2 Å². The minimum Gasteiger partial charge on any atom is -0.370 e. The maximum absolute atomic E-state index is 5.77. The molecule has 0 aliphatic carbocycles. The van der Waals surface area contributed by atoms with Gasteiger partial charge in [0, 0.05) is 25.3 Å². The predicted molar refractivity (Wildman–Crippen MR) is 71.5 cm³/mol. The minimum atomic E-state index is 0.153. The van der Waals surface area contributed by atoms with Gasteiger partial charge >= 0.3 is 0 Å². The topological polar surface area (TPSA) is 38.5 Å². The standard InChI is InChI=1S/C14H22N2O/c1-10-4-5-13(6-11(10)2)16-8-12(3)17-14(7-15)9-16/h4-6,12,14H,7-9,15H2,1-3H3. The molecule has 0 spiro atoms. The molecule has 2 unspecified atom stereocenters. The van der Waals surface area contributed by atoms with Crippen LogP contribution in [-0.2, 0) is 4.74 Å². The molecule has 1 aromatic rings. The van der Waals surface area contributed by atoms with E-state index in [1.165, 1.54) is 16.8 Å². The van der Waals surface area contributed by atoms with Crippen molar-refractivity contribution in [2.24, 2.45) is 5.73 Å². The van der Waals surface area contributed by atoms with Crippen LogP contribution in [0.2, 0.25) is 0 Å². The highest BCUT2D eigenvalue weighted by Gasteiger charge is 2.24. The maximum atomic E-state index is 5.77. The van der Waals surface area contributed by atoms with Crippen molar-refractivity contribution >= 4 is 5.69 Å². The molecule has 0 radical (unpaired) electrons. The Bertz CT molecular complexity index is 392. The van der Waals surface area contributed by atoms with Gasteiger partial charge in [-0.1, -0.05) is 6.07 Å². The van der Waals surface area contributed by atoms with Crippen molar-refractivity contribution in [3.05, 3.63) is 29.3 Å². The number of hydrogen-bond donors (Lipinski definition) is 1. The molecule has 1 aromatic carbocycles. The number of aryl methyl sites for hydroxylation is 2. The van der Waals surface area contributed by atoms with E-state index in [1.807, 2.05) is 0 Å². The molecule has 2 rings (SSSR count). The average molecular weight is 234 g/mol. The van der Waals surface area contributed by atoms with Gasteiger partial charge in [0.1, 0.15) is 0 Å². The zero-order valence-corrected chi connectivity index (χ0v) is 10.9. The Hall–Kier alpha value is -1.06. The van der Waals surface area contributed by atoms with Gasteiger partial charge in [0.15, 0.2) is 0 Å². The van der Waals surface area contributed by atoms with E-state index in [1.54, 1.807) is 0 Å². The third kappa shape index (κ3) is 2.79. The molecule has 1 aliphatic rings. The lowest BCUT2D eigenvalue weighted by Crippen LogP contribution is -2.49. The Labute approximate surface area is 104 Å². The number of hydrogen-bond acceptors (Lipinski definition) is 3. The molecule has 1 fully saturated rings. The molecule has 3 heteroatoms. The highest BCUT2D eigenvalue weighted by Crippen LogP contribution is 2.22. The van der Waals surface area contributed by atoms with Crippen LogP contribution < -0.4 is 10.6 Å². The lowest BCUT2D eigenvalue weighted by Gasteiger charge is -2.38. The lowest BCUT2D eigenvalue weighted by atomic mass is 10.1. The summed E-state index contributed by atoms with van der Waals surface area (Å²) in [5.41, 5.74) is 9.66. The molecule has 1 heterocycles. The fraction of sp³-hybridized carbons (Fsp3) is 0.571. The molecule has 17 heavy (non-hydrogen) atoms. The quantitative estimate of drug-likeness (QED) is 0.849. The molecule has 2 N–H and O–H groups in total. The number of nitrogens with two attached hydrogens (primary N) is 1. The van der Waals surface area contributed by atoms with Gasteiger partial charge in [0.25, 0.3) is 0 Å². The van der Waals surface area contributed by atoms with E-state index in [0.29, 0.717) is 6.54 Å². The largest absolute Gasteiger partial charge is 0.370 e. The van der Waals surface area contributed by atoms with Gasteiger partial charge < -0.3 is 15.4 Å². The summed E-state index contributed by atoms with van der Waals surface area (Å²) in [5, 5.41) is 0. The highest BCUT2D eigenvalue weighted by molar-refractivity contribution is 5.51. The number of nitrogens with zero attached hydrogens (tertiary/aromatic N) is 1. The van der Waals surface area contributed by atoms with Crippen molar-refractivity contribution in [3.63, 3.8) is 0 Å².